The van der Waals surface area contributed by atoms with Gasteiger partial charge in [0, 0.05) is 20.4 Å². The second-order valence-corrected chi connectivity index (χ2v) is 5.48. The van der Waals surface area contributed by atoms with Crippen molar-refractivity contribution in [1.29, 1.82) is 0 Å². The van der Waals surface area contributed by atoms with Gasteiger partial charge in [0.2, 0.25) is 5.78 Å². The number of fused-ring (bicyclic) bond motifs is 1. The van der Waals surface area contributed by atoms with Gasteiger partial charge >= 0.3 is 0 Å². The van der Waals surface area contributed by atoms with Crippen molar-refractivity contribution in [2.24, 2.45) is 0 Å². The molecule has 3 rings (SSSR count). The van der Waals surface area contributed by atoms with Crippen molar-refractivity contribution < 1.29 is 9.21 Å². The highest BCUT2D eigenvalue weighted by Gasteiger charge is 2.14. The molecule has 19 heavy (non-hydrogen) atoms. The maximum atomic E-state index is 12.3. The van der Waals surface area contributed by atoms with Crippen LogP contribution in [0.5, 0.6) is 0 Å². The van der Waals surface area contributed by atoms with Crippen molar-refractivity contribution in [2.45, 2.75) is 0 Å². The quantitative estimate of drug-likeness (QED) is 0.611. The van der Waals surface area contributed by atoms with Crippen molar-refractivity contribution in [3.8, 4) is 0 Å². The molecule has 0 aliphatic heterocycles. The third kappa shape index (κ3) is 2.44. The van der Waals surface area contributed by atoms with Crippen LogP contribution in [0.4, 0.5) is 0 Å². The number of hydrogen-bond donors (Lipinski definition) is 0. The van der Waals surface area contributed by atoms with Gasteiger partial charge in [-0.2, -0.15) is 0 Å². The largest absolute Gasteiger partial charge is 0.453 e. The molecule has 0 atom stereocenters. The van der Waals surface area contributed by atoms with E-state index in [0.29, 0.717) is 21.9 Å². The van der Waals surface area contributed by atoms with Crippen LogP contribution in [0.3, 0.4) is 0 Å². The van der Waals surface area contributed by atoms with Crippen LogP contribution in [-0.2, 0) is 0 Å². The molecule has 2 nitrogen and oxygen atoms in total. The second-order valence-electron chi connectivity index (χ2n) is 4.13. The van der Waals surface area contributed by atoms with Crippen molar-refractivity contribution in [3.05, 3.63) is 69.3 Å². The minimum absolute atomic E-state index is 0.171. The SMILES string of the molecule is O=C(c1cccc(Cl)c1)c1cc2cc(Br)ccc2o1. The molecule has 0 radical (unpaired) electrons. The number of furan rings is 1. The van der Waals surface area contributed by atoms with E-state index in [0.717, 1.165) is 9.86 Å². The topological polar surface area (TPSA) is 30.2 Å². The zero-order valence-electron chi connectivity index (χ0n) is 9.69. The maximum Gasteiger partial charge on any atom is 0.228 e. The first kappa shape index (κ1) is 12.5. The molecule has 0 amide bonds. The summed E-state index contributed by atoms with van der Waals surface area (Å²) in [4.78, 5) is 12.3. The van der Waals surface area contributed by atoms with Gasteiger partial charge in [0.1, 0.15) is 5.58 Å². The van der Waals surface area contributed by atoms with E-state index in [1.165, 1.54) is 0 Å². The molecule has 2 aromatic carbocycles. The highest BCUT2D eigenvalue weighted by atomic mass is 79.9. The summed E-state index contributed by atoms with van der Waals surface area (Å²) in [6.45, 7) is 0. The van der Waals surface area contributed by atoms with Gasteiger partial charge in [-0.1, -0.05) is 39.7 Å². The second kappa shape index (κ2) is 4.83. The molecule has 1 aromatic heterocycles. The van der Waals surface area contributed by atoms with E-state index in [1.807, 2.05) is 18.2 Å². The predicted molar refractivity (Wildman–Crippen MR) is 78.8 cm³/mol. The standard InChI is InChI=1S/C15H8BrClO2/c16-11-4-5-13-10(6-11)8-14(19-13)15(18)9-2-1-3-12(17)7-9/h1-8H. The molecule has 0 bridgehead atoms. The minimum atomic E-state index is -0.171. The summed E-state index contributed by atoms with van der Waals surface area (Å²) in [5.41, 5.74) is 1.21. The molecule has 3 aromatic rings. The van der Waals surface area contributed by atoms with E-state index in [9.17, 15) is 4.79 Å². The molecule has 0 N–H and O–H groups in total. The summed E-state index contributed by atoms with van der Waals surface area (Å²) in [5, 5.41) is 1.42. The molecule has 94 valence electrons. The molecule has 1 heterocycles. The van der Waals surface area contributed by atoms with Gasteiger partial charge in [-0.15, -0.1) is 0 Å². The Morgan fingerprint density at radius 3 is 2.74 bits per heavy atom. The summed E-state index contributed by atoms with van der Waals surface area (Å²) < 4.78 is 6.51. The van der Waals surface area contributed by atoms with E-state index in [4.69, 9.17) is 16.0 Å². The molecule has 0 saturated heterocycles. The number of halogens is 2. The summed E-state index contributed by atoms with van der Waals surface area (Å²) in [6.07, 6.45) is 0. The molecule has 0 aliphatic carbocycles. The molecular weight excluding hydrogens is 328 g/mol. The fourth-order valence-corrected chi connectivity index (χ4v) is 2.47. The molecule has 4 heteroatoms. The van der Waals surface area contributed by atoms with Gasteiger partial charge in [-0.3, -0.25) is 4.79 Å². The first-order chi connectivity index (χ1) is 9.13. The zero-order chi connectivity index (χ0) is 13.4. The Labute approximate surface area is 123 Å². The first-order valence-corrected chi connectivity index (χ1v) is 6.80. The van der Waals surface area contributed by atoms with Crippen LogP contribution < -0.4 is 0 Å². The molecule has 0 saturated carbocycles. The van der Waals surface area contributed by atoms with Crippen molar-refractivity contribution in [3.63, 3.8) is 0 Å². The van der Waals surface area contributed by atoms with E-state index < -0.39 is 0 Å². The highest BCUT2D eigenvalue weighted by molar-refractivity contribution is 9.10. The maximum absolute atomic E-state index is 12.3. The number of carbonyl (C=O) groups excluding carboxylic acids is 1. The van der Waals surface area contributed by atoms with Crippen molar-refractivity contribution >= 4 is 44.3 Å². The van der Waals surface area contributed by atoms with Gasteiger partial charge in [-0.05, 0) is 36.4 Å². The minimum Gasteiger partial charge on any atom is -0.453 e. The van der Waals surface area contributed by atoms with E-state index >= 15 is 0 Å². The normalized spacial score (nSPS) is 10.8. The summed E-state index contributed by atoms with van der Waals surface area (Å²) in [6, 6.07) is 14.2. The first-order valence-electron chi connectivity index (χ1n) is 5.63. The van der Waals surface area contributed by atoms with Crippen molar-refractivity contribution in [1.82, 2.24) is 0 Å². The van der Waals surface area contributed by atoms with Gasteiger partial charge in [0.25, 0.3) is 0 Å². The van der Waals surface area contributed by atoms with E-state index in [1.54, 1.807) is 30.3 Å². The monoisotopic (exact) mass is 334 g/mol. The Balaban J connectivity index is 2.06. The Kier molecular flexibility index (Phi) is 3.17. The zero-order valence-corrected chi connectivity index (χ0v) is 12.0. The lowest BCUT2D eigenvalue weighted by atomic mass is 10.1. The average Bonchev–Trinajstić information content (AvgIpc) is 2.80. The van der Waals surface area contributed by atoms with E-state index in [-0.39, 0.29) is 5.78 Å². The lowest BCUT2D eigenvalue weighted by Gasteiger charge is -1.97. The Morgan fingerprint density at radius 1 is 1.11 bits per heavy atom. The Morgan fingerprint density at radius 2 is 1.95 bits per heavy atom. The Bertz CT molecular complexity index is 777. The third-order valence-electron chi connectivity index (χ3n) is 2.79. The van der Waals surface area contributed by atoms with Gasteiger partial charge in [0.15, 0.2) is 5.76 Å². The molecule has 0 aliphatic rings. The summed E-state index contributed by atoms with van der Waals surface area (Å²) in [5.74, 6) is 0.144. The van der Waals surface area contributed by atoms with Crippen LogP contribution in [0.25, 0.3) is 11.0 Å². The molecule has 0 spiro atoms. The van der Waals surface area contributed by atoms with E-state index in [2.05, 4.69) is 15.9 Å². The number of rotatable bonds is 2. The molecule has 0 fully saturated rings. The lowest BCUT2D eigenvalue weighted by Crippen LogP contribution is -1.98. The number of hydrogen-bond acceptors (Lipinski definition) is 2. The fraction of sp³-hybridized carbons (Fsp3) is 0. The Hall–Kier alpha value is -1.58. The van der Waals surface area contributed by atoms with Crippen molar-refractivity contribution in [2.75, 3.05) is 0 Å². The lowest BCUT2D eigenvalue weighted by molar-refractivity contribution is 0.101. The van der Waals surface area contributed by atoms with Gasteiger partial charge in [0.05, 0.1) is 0 Å². The fourth-order valence-electron chi connectivity index (χ4n) is 1.90. The number of benzene rings is 2. The summed E-state index contributed by atoms with van der Waals surface area (Å²) >= 11 is 9.28. The van der Waals surface area contributed by atoms with Crippen LogP contribution in [0.2, 0.25) is 5.02 Å². The van der Waals surface area contributed by atoms with Crippen LogP contribution in [-0.4, -0.2) is 5.78 Å². The average molecular weight is 336 g/mol. The van der Waals surface area contributed by atoms with Crippen LogP contribution in [0.15, 0.2) is 57.4 Å². The number of ketones is 1. The predicted octanol–water partition coefficient (Wildman–Crippen LogP) is 5.08. The van der Waals surface area contributed by atoms with Gasteiger partial charge in [-0.25, -0.2) is 0 Å². The smallest absolute Gasteiger partial charge is 0.228 e. The third-order valence-corrected chi connectivity index (χ3v) is 3.52. The number of carbonyl (C=O) groups is 1. The van der Waals surface area contributed by atoms with Crippen LogP contribution >= 0.6 is 27.5 Å². The molecule has 0 unspecified atom stereocenters. The molecular formula is C15H8BrClO2. The summed E-state index contributed by atoms with van der Waals surface area (Å²) in [7, 11) is 0. The van der Waals surface area contributed by atoms with Crippen LogP contribution in [0, 0.1) is 0 Å². The van der Waals surface area contributed by atoms with Gasteiger partial charge < -0.3 is 4.42 Å². The van der Waals surface area contributed by atoms with Crippen LogP contribution in [0.1, 0.15) is 16.1 Å². The highest BCUT2D eigenvalue weighted by Crippen LogP contribution is 2.25.